The van der Waals surface area contributed by atoms with E-state index < -0.39 is 10.0 Å². The smallest absolute Gasteiger partial charge is 0.232 e. The number of aryl methyl sites for hydroxylation is 1. The number of likely N-dealkylation sites (tertiary alicyclic amines) is 1. The summed E-state index contributed by atoms with van der Waals surface area (Å²) in [6, 6.07) is 8.10. The van der Waals surface area contributed by atoms with E-state index in [-0.39, 0.29) is 17.7 Å². The van der Waals surface area contributed by atoms with Gasteiger partial charge in [0.2, 0.25) is 15.9 Å². The Morgan fingerprint density at radius 2 is 1.88 bits per heavy atom. The second-order valence-corrected chi connectivity index (χ2v) is 9.12. The van der Waals surface area contributed by atoms with Gasteiger partial charge >= 0.3 is 0 Å². The van der Waals surface area contributed by atoms with Crippen LogP contribution < -0.4 is 4.72 Å². The predicted octanol–water partition coefficient (Wildman–Crippen LogP) is 2.41. The third-order valence-corrected chi connectivity index (χ3v) is 6.68. The summed E-state index contributed by atoms with van der Waals surface area (Å²) in [7, 11) is -3.18. The van der Waals surface area contributed by atoms with Crippen LogP contribution in [0.4, 0.5) is 0 Å². The Balaban J connectivity index is 1.75. The minimum Gasteiger partial charge on any atom is -0.342 e. The van der Waals surface area contributed by atoms with E-state index in [9.17, 15) is 13.2 Å². The average Bonchev–Trinajstić information content (AvgIpc) is 2.54. The van der Waals surface area contributed by atoms with Crippen LogP contribution in [0.1, 0.15) is 31.7 Å². The molecule has 0 radical (unpaired) electrons. The van der Waals surface area contributed by atoms with Crippen LogP contribution in [0.3, 0.4) is 0 Å². The molecular weight excluding hydrogens is 344 g/mol. The predicted molar refractivity (Wildman–Crippen MR) is 98.7 cm³/mol. The summed E-state index contributed by atoms with van der Waals surface area (Å²) in [5.74, 6) is 0.713. The molecule has 24 heavy (non-hydrogen) atoms. The largest absolute Gasteiger partial charge is 0.342 e. The van der Waals surface area contributed by atoms with Crippen molar-refractivity contribution < 1.29 is 13.2 Å². The van der Waals surface area contributed by atoms with Gasteiger partial charge in [-0.05, 0) is 38.3 Å². The lowest BCUT2D eigenvalue weighted by Crippen LogP contribution is -2.47. The number of piperidine rings is 1. The highest BCUT2D eigenvalue weighted by Crippen LogP contribution is 2.20. The number of carbonyl (C=O) groups excluding carboxylic acids is 1. The molecule has 1 aliphatic rings. The molecule has 0 aromatic heterocycles. The van der Waals surface area contributed by atoms with E-state index in [1.54, 1.807) is 11.8 Å². The molecule has 1 aromatic carbocycles. The van der Waals surface area contributed by atoms with Crippen molar-refractivity contribution in [3.63, 3.8) is 0 Å². The van der Waals surface area contributed by atoms with Crippen LogP contribution in [-0.2, 0) is 14.8 Å². The average molecular weight is 371 g/mol. The van der Waals surface area contributed by atoms with Crippen molar-refractivity contribution in [1.29, 1.82) is 0 Å². The van der Waals surface area contributed by atoms with Gasteiger partial charge in [-0.2, -0.15) is 0 Å². The second-order valence-electron chi connectivity index (χ2n) is 6.19. The van der Waals surface area contributed by atoms with E-state index in [0.29, 0.717) is 38.1 Å². The van der Waals surface area contributed by atoms with E-state index in [1.807, 2.05) is 43.0 Å². The van der Waals surface area contributed by atoms with Crippen LogP contribution >= 0.6 is 11.8 Å². The molecule has 1 saturated heterocycles. The molecule has 0 unspecified atom stereocenters. The van der Waals surface area contributed by atoms with E-state index in [0.717, 1.165) is 4.90 Å². The lowest BCUT2D eigenvalue weighted by molar-refractivity contribution is -0.129. The molecule has 0 aliphatic carbocycles. The summed E-state index contributed by atoms with van der Waals surface area (Å²) in [4.78, 5) is 15.2. The van der Waals surface area contributed by atoms with Crippen LogP contribution in [0.15, 0.2) is 29.2 Å². The zero-order valence-electron chi connectivity index (χ0n) is 14.3. The lowest BCUT2D eigenvalue weighted by Gasteiger charge is -2.32. The zero-order valence-corrected chi connectivity index (χ0v) is 16.0. The number of nitrogens with one attached hydrogen (secondary N) is 1. The maximum Gasteiger partial charge on any atom is 0.232 e. The van der Waals surface area contributed by atoms with Crippen molar-refractivity contribution in [2.24, 2.45) is 0 Å². The summed E-state index contributed by atoms with van der Waals surface area (Å²) >= 11 is 1.55. The van der Waals surface area contributed by atoms with Gasteiger partial charge in [-0.25, -0.2) is 13.1 Å². The molecule has 0 atom stereocenters. The Kier molecular flexibility index (Phi) is 7.13. The molecule has 5 nitrogen and oxygen atoms in total. The van der Waals surface area contributed by atoms with Gasteiger partial charge in [-0.1, -0.05) is 24.6 Å². The first-order valence-electron chi connectivity index (χ1n) is 8.37. The minimum absolute atomic E-state index is 0.0460. The maximum absolute atomic E-state index is 12.3. The third-order valence-electron chi connectivity index (χ3n) is 4.05. The highest BCUT2D eigenvalue weighted by Gasteiger charge is 2.25. The van der Waals surface area contributed by atoms with Gasteiger partial charge in [0.05, 0.1) is 11.5 Å². The van der Waals surface area contributed by atoms with Crippen molar-refractivity contribution in [3.05, 3.63) is 29.8 Å². The van der Waals surface area contributed by atoms with Crippen LogP contribution in [0.5, 0.6) is 0 Å². The fourth-order valence-electron chi connectivity index (χ4n) is 2.70. The van der Waals surface area contributed by atoms with Gasteiger partial charge in [-0.15, -0.1) is 11.8 Å². The van der Waals surface area contributed by atoms with Crippen molar-refractivity contribution >= 4 is 27.7 Å². The van der Waals surface area contributed by atoms with Gasteiger partial charge in [-0.3, -0.25) is 4.79 Å². The summed E-state index contributed by atoms with van der Waals surface area (Å²) in [6.45, 7) is 5.13. The van der Waals surface area contributed by atoms with Crippen LogP contribution in [-0.4, -0.2) is 49.9 Å². The molecule has 1 amide bonds. The van der Waals surface area contributed by atoms with Gasteiger partial charge in [0, 0.05) is 24.0 Å². The Morgan fingerprint density at radius 1 is 1.25 bits per heavy atom. The molecule has 1 aromatic rings. The Labute approximate surface area is 149 Å². The summed E-state index contributed by atoms with van der Waals surface area (Å²) in [5.41, 5.74) is 1.21. The number of benzene rings is 1. The fraction of sp³-hybridized carbons (Fsp3) is 0.588. The normalized spacial score (nSPS) is 16.3. The standard InChI is InChI=1S/C17H26N2O3S2/c1-3-12-24(21,22)18-15-8-10-19(11-9-15)17(20)13-23-16-6-4-14(2)5-7-16/h4-7,15,18H,3,8-13H2,1-2H3. The molecule has 0 saturated carbocycles. The molecule has 134 valence electrons. The quantitative estimate of drug-likeness (QED) is 0.749. The van der Waals surface area contributed by atoms with E-state index >= 15 is 0 Å². The second kappa shape index (κ2) is 8.87. The molecule has 2 rings (SSSR count). The van der Waals surface area contributed by atoms with Gasteiger partial charge in [0.15, 0.2) is 0 Å². The summed E-state index contributed by atoms with van der Waals surface area (Å²) in [6.07, 6.45) is 1.98. The first-order chi connectivity index (χ1) is 11.4. The van der Waals surface area contributed by atoms with Crippen LogP contribution in [0, 0.1) is 6.92 Å². The Bertz CT molecular complexity index is 636. The third kappa shape index (κ3) is 6.11. The van der Waals surface area contributed by atoms with Crippen LogP contribution in [0.25, 0.3) is 0 Å². The Hall–Kier alpha value is -1.05. The molecule has 1 N–H and O–H groups in total. The van der Waals surface area contributed by atoms with Crippen molar-refractivity contribution in [3.8, 4) is 0 Å². The topological polar surface area (TPSA) is 66.5 Å². The molecular formula is C17H26N2O3S2. The van der Waals surface area contributed by atoms with Crippen molar-refractivity contribution in [1.82, 2.24) is 9.62 Å². The maximum atomic E-state index is 12.3. The van der Waals surface area contributed by atoms with E-state index in [2.05, 4.69) is 4.72 Å². The first kappa shape index (κ1) is 19.3. The molecule has 0 bridgehead atoms. The number of sulfonamides is 1. The van der Waals surface area contributed by atoms with E-state index in [4.69, 9.17) is 0 Å². The minimum atomic E-state index is -3.18. The van der Waals surface area contributed by atoms with Crippen molar-refractivity contribution in [2.75, 3.05) is 24.6 Å². The number of carbonyl (C=O) groups is 1. The number of nitrogens with zero attached hydrogens (tertiary/aromatic N) is 1. The fourth-order valence-corrected chi connectivity index (χ4v) is 4.90. The van der Waals surface area contributed by atoms with Gasteiger partial charge in [0.25, 0.3) is 0 Å². The molecule has 7 heteroatoms. The molecule has 1 aliphatic heterocycles. The number of thioether (sulfide) groups is 1. The number of amides is 1. The first-order valence-corrected chi connectivity index (χ1v) is 11.0. The Morgan fingerprint density at radius 3 is 2.46 bits per heavy atom. The van der Waals surface area contributed by atoms with Gasteiger partial charge in [0.1, 0.15) is 0 Å². The number of hydrogen-bond acceptors (Lipinski definition) is 4. The highest BCUT2D eigenvalue weighted by atomic mass is 32.2. The molecule has 1 heterocycles. The van der Waals surface area contributed by atoms with Crippen LogP contribution in [0.2, 0.25) is 0 Å². The summed E-state index contributed by atoms with van der Waals surface area (Å²) in [5, 5.41) is 0. The molecule has 0 spiro atoms. The van der Waals surface area contributed by atoms with Crippen molar-refractivity contribution in [2.45, 2.75) is 44.0 Å². The summed E-state index contributed by atoms with van der Waals surface area (Å²) < 4.78 is 26.4. The number of rotatable bonds is 7. The number of hydrogen-bond donors (Lipinski definition) is 1. The monoisotopic (exact) mass is 370 g/mol. The van der Waals surface area contributed by atoms with E-state index in [1.165, 1.54) is 5.56 Å². The lowest BCUT2D eigenvalue weighted by atomic mass is 10.1. The highest BCUT2D eigenvalue weighted by molar-refractivity contribution is 8.00. The molecule has 1 fully saturated rings. The van der Waals surface area contributed by atoms with Gasteiger partial charge < -0.3 is 4.90 Å². The SMILES string of the molecule is CCCS(=O)(=O)NC1CCN(C(=O)CSc2ccc(C)cc2)CC1. The zero-order chi connectivity index (χ0) is 17.6.